The van der Waals surface area contributed by atoms with Crippen LogP contribution in [0, 0.1) is 5.92 Å². The molecular formula is C13H26N2O. The van der Waals surface area contributed by atoms with Gasteiger partial charge in [-0.3, -0.25) is 4.79 Å². The zero-order chi connectivity index (χ0) is 12.3. The number of rotatable bonds is 4. The zero-order valence-electron chi connectivity index (χ0n) is 11.1. The first-order valence-electron chi connectivity index (χ1n) is 6.53. The first kappa shape index (κ1) is 13.5. The maximum Gasteiger partial charge on any atom is 0.227 e. The van der Waals surface area contributed by atoms with Gasteiger partial charge in [-0.05, 0) is 33.6 Å². The second kappa shape index (κ2) is 5.67. The summed E-state index contributed by atoms with van der Waals surface area (Å²) >= 11 is 0. The van der Waals surface area contributed by atoms with E-state index in [1.54, 1.807) is 0 Å². The highest BCUT2D eigenvalue weighted by atomic mass is 16.2. The van der Waals surface area contributed by atoms with Crippen LogP contribution in [0.5, 0.6) is 0 Å². The molecule has 0 aromatic rings. The van der Waals surface area contributed by atoms with E-state index in [4.69, 9.17) is 5.73 Å². The Labute approximate surface area is 99.4 Å². The third-order valence-electron chi connectivity index (χ3n) is 3.71. The Hall–Kier alpha value is -0.570. The summed E-state index contributed by atoms with van der Waals surface area (Å²) in [6.07, 6.45) is 4.84. The van der Waals surface area contributed by atoms with Crippen LogP contribution < -0.4 is 5.73 Å². The summed E-state index contributed by atoms with van der Waals surface area (Å²) in [6, 6.07) is 0.681. The molecule has 1 amide bonds. The molecule has 0 aromatic heterocycles. The number of nitrogens with two attached hydrogens (primary N) is 1. The fourth-order valence-corrected chi connectivity index (χ4v) is 2.50. The van der Waals surface area contributed by atoms with Crippen molar-refractivity contribution < 1.29 is 4.79 Å². The van der Waals surface area contributed by atoms with Gasteiger partial charge in [-0.15, -0.1) is 0 Å². The highest BCUT2D eigenvalue weighted by Crippen LogP contribution is 2.26. The fraction of sp³-hybridized carbons (Fsp3) is 0.923. The van der Waals surface area contributed by atoms with Gasteiger partial charge in [0.1, 0.15) is 0 Å². The molecule has 1 rings (SSSR count). The summed E-state index contributed by atoms with van der Waals surface area (Å²) in [7, 11) is 0. The Bertz CT molecular complexity index is 232. The minimum atomic E-state index is -0.0667. The van der Waals surface area contributed by atoms with E-state index >= 15 is 0 Å². The van der Waals surface area contributed by atoms with E-state index in [1.165, 1.54) is 12.8 Å². The van der Waals surface area contributed by atoms with Gasteiger partial charge in [-0.2, -0.15) is 0 Å². The van der Waals surface area contributed by atoms with E-state index in [0.717, 1.165) is 12.8 Å². The van der Waals surface area contributed by atoms with Crippen molar-refractivity contribution in [3.63, 3.8) is 0 Å². The number of hydrogen-bond acceptors (Lipinski definition) is 2. The second-order valence-electron chi connectivity index (χ2n) is 5.43. The van der Waals surface area contributed by atoms with Crippen molar-refractivity contribution in [2.45, 2.75) is 71.5 Å². The monoisotopic (exact) mass is 226 g/mol. The molecule has 2 atom stereocenters. The lowest BCUT2D eigenvalue weighted by Gasteiger charge is -2.35. The van der Waals surface area contributed by atoms with Crippen LogP contribution in [-0.4, -0.2) is 28.9 Å². The van der Waals surface area contributed by atoms with Crippen LogP contribution in [0.25, 0.3) is 0 Å². The van der Waals surface area contributed by atoms with Gasteiger partial charge >= 0.3 is 0 Å². The average molecular weight is 226 g/mol. The number of amides is 1. The van der Waals surface area contributed by atoms with Crippen molar-refractivity contribution in [3.05, 3.63) is 0 Å². The first-order chi connectivity index (χ1) is 7.45. The van der Waals surface area contributed by atoms with Gasteiger partial charge < -0.3 is 10.6 Å². The second-order valence-corrected chi connectivity index (χ2v) is 5.43. The highest BCUT2D eigenvalue weighted by molar-refractivity contribution is 5.79. The van der Waals surface area contributed by atoms with Crippen molar-refractivity contribution in [1.82, 2.24) is 4.90 Å². The van der Waals surface area contributed by atoms with Crippen LogP contribution >= 0.6 is 0 Å². The summed E-state index contributed by atoms with van der Waals surface area (Å²) < 4.78 is 0. The summed E-state index contributed by atoms with van der Waals surface area (Å²) in [4.78, 5) is 14.4. The van der Waals surface area contributed by atoms with Crippen LogP contribution in [0.4, 0.5) is 0 Å². The van der Waals surface area contributed by atoms with Crippen molar-refractivity contribution >= 4 is 5.91 Å². The molecule has 3 heteroatoms. The van der Waals surface area contributed by atoms with Crippen LogP contribution in [0.3, 0.4) is 0 Å². The van der Waals surface area contributed by atoms with Crippen LogP contribution in [0.1, 0.15) is 53.4 Å². The Balaban J connectivity index is 2.72. The molecule has 0 aromatic carbocycles. The predicted octanol–water partition coefficient (Wildman–Crippen LogP) is 2.15. The molecule has 1 saturated carbocycles. The molecule has 3 nitrogen and oxygen atoms in total. The number of hydrogen-bond donors (Lipinski definition) is 1. The minimum Gasteiger partial charge on any atom is -0.337 e. The summed E-state index contributed by atoms with van der Waals surface area (Å²) in [5.74, 6) is 0.167. The van der Waals surface area contributed by atoms with Gasteiger partial charge in [0, 0.05) is 18.1 Å². The van der Waals surface area contributed by atoms with Gasteiger partial charge in [0.15, 0.2) is 0 Å². The van der Waals surface area contributed by atoms with E-state index in [0.29, 0.717) is 6.04 Å². The molecule has 1 fully saturated rings. The molecule has 1 aliphatic rings. The third kappa shape index (κ3) is 2.97. The largest absolute Gasteiger partial charge is 0.337 e. The molecule has 2 unspecified atom stereocenters. The maximum atomic E-state index is 12.4. The van der Waals surface area contributed by atoms with Gasteiger partial charge in [-0.1, -0.05) is 19.8 Å². The Morgan fingerprint density at radius 1 is 1.19 bits per heavy atom. The molecule has 16 heavy (non-hydrogen) atoms. The minimum absolute atomic E-state index is 0.0600. The number of carbonyl (C=O) groups excluding carboxylic acids is 1. The van der Waals surface area contributed by atoms with E-state index in [-0.39, 0.29) is 23.9 Å². The fourth-order valence-electron chi connectivity index (χ4n) is 2.50. The average Bonchev–Trinajstić information content (AvgIpc) is 2.69. The van der Waals surface area contributed by atoms with Gasteiger partial charge in [0.2, 0.25) is 5.91 Å². The molecule has 0 radical (unpaired) electrons. The summed E-state index contributed by atoms with van der Waals surface area (Å²) in [5, 5.41) is 0. The molecule has 0 heterocycles. The quantitative estimate of drug-likeness (QED) is 0.798. The van der Waals surface area contributed by atoms with Crippen LogP contribution in [0.2, 0.25) is 0 Å². The van der Waals surface area contributed by atoms with Crippen molar-refractivity contribution in [3.8, 4) is 0 Å². The van der Waals surface area contributed by atoms with E-state index in [1.807, 2.05) is 13.8 Å². The maximum absolute atomic E-state index is 12.4. The summed E-state index contributed by atoms with van der Waals surface area (Å²) in [5.41, 5.74) is 5.83. The predicted molar refractivity (Wildman–Crippen MR) is 67.1 cm³/mol. The molecule has 0 aliphatic heterocycles. The lowest BCUT2D eigenvalue weighted by atomic mass is 10.00. The lowest BCUT2D eigenvalue weighted by molar-refractivity contribution is -0.139. The Kier molecular flexibility index (Phi) is 4.78. The molecule has 2 N–H and O–H groups in total. The molecular weight excluding hydrogens is 200 g/mol. The normalized spacial score (nSPS) is 21.1. The zero-order valence-corrected chi connectivity index (χ0v) is 11.1. The molecule has 0 bridgehead atoms. The first-order valence-corrected chi connectivity index (χ1v) is 6.53. The SMILES string of the molecule is CC(N)C(C)C(=O)N(C(C)C)C1CCCC1. The standard InChI is InChI=1S/C13H26N2O/c1-9(2)15(12-7-5-6-8-12)13(16)10(3)11(4)14/h9-12H,5-8,14H2,1-4H3. The van der Waals surface area contributed by atoms with Gasteiger partial charge in [0.05, 0.1) is 5.92 Å². The lowest BCUT2D eigenvalue weighted by Crippen LogP contribution is -2.49. The molecule has 0 spiro atoms. The molecule has 0 saturated heterocycles. The summed E-state index contributed by atoms with van der Waals surface area (Å²) in [6.45, 7) is 8.06. The van der Waals surface area contributed by atoms with E-state index < -0.39 is 0 Å². The van der Waals surface area contributed by atoms with Crippen molar-refractivity contribution in [2.24, 2.45) is 11.7 Å². The highest BCUT2D eigenvalue weighted by Gasteiger charge is 2.32. The Morgan fingerprint density at radius 2 is 1.69 bits per heavy atom. The molecule has 1 aliphatic carbocycles. The van der Waals surface area contributed by atoms with Crippen LogP contribution in [0.15, 0.2) is 0 Å². The van der Waals surface area contributed by atoms with E-state index in [9.17, 15) is 4.79 Å². The third-order valence-corrected chi connectivity index (χ3v) is 3.71. The Morgan fingerprint density at radius 3 is 2.06 bits per heavy atom. The topological polar surface area (TPSA) is 46.3 Å². The van der Waals surface area contributed by atoms with Crippen molar-refractivity contribution in [1.29, 1.82) is 0 Å². The van der Waals surface area contributed by atoms with E-state index in [2.05, 4.69) is 18.7 Å². The number of nitrogens with zero attached hydrogens (tertiary/aromatic N) is 1. The van der Waals surface area contributed by atoms with Gasteiger partial charge in [0.25, 0.3) is 0 Å². The smallest absolute Gasteiger partial charge is 0.227 e. The van der Waals surface area contributed by atoms with Crippen molar-refractivity contribution in [2.75, 3.05) is 0 Å². The van der Waals surface area contributed by atoms with Crippen LogP contribution in [-0.2, 0) is 4.79 Å². The number of carbonyl (C=O) groups is 1. The molecule has 94 valence electrons. The van der Waals surface area contributed by atoms with Gasteiger partial charge in [-0.25, -0.2) is 0 Å².